The van der Waals surface area contributed by atoms with Gasteiger partial charge in [0.2, 0.25) is 0 Å². The molecular formula is C8H6S2. The highest BCUT2D eigenvalue weighted by Gasteiger charge is 2.13. The molecule has 0 saturated carbocycles. The zero-order valence-corrected chi connectivity index (χ0v) is 6.91. The largest absolute Gasteiger partial charge is 0.152 e. The monoisotopic (exact) mass is 166 g/mol. The summed E-state index contributed by atoms with van der Waals surface area (Å²) in [6.07, 6.45) is 0. The molecule has 0 saturated heterocycles. The molecular weight excluding hydrogens is 160 g/mol. The van der Waals surface area contributed by atoms with Crippen LogP contribution < -0.4 is 0 Å². The highest BCUT2D eigenvalue weighted by Crippen LogP contribution is 2.45. The average Bonchev–Trinajstić information content (AvgIpc) is 2.43. The molecule has 0 radical (unpaired) electrons. The molecule has 0 nitrogen and oxygen atoms in total. The lowest BCUT2D eigenvalue weighted by atomic mass is 10.3. The highest BCUT2D eigenvalue weighted by molar-refractivity contribution is 7.30. The molecule has 0 N–H and O–H groups in total. The third kappa shape index (κ3) is 1.28. The topological polar surface area (TPSA) is 0 Å². The van der Waals surface area contributed by atoms with Crippen LogP contribution in [0.1, 0.15) is 0 Å². The Labute approximate surface area is 67.8 Å². The van der Waals surface area contributed by atoms with Crippen molar-refractivity contribution in [1.82, 2.24) is 0 Å². The molecule has 0 unspecified atom stereocenters. The van der Waals surface area contributed by atoms with Gasteiger partial charge in [-0.15, -0.1) is 11.3 Å². The van der Waals surface area contributed by atoms with E-state index < -0.39 is 0 Å². The van der Waals surface area contributed by atoms with E-state index in [-0.39, 0.29) is 0 Å². The van der Waals surface area contributed by atoms with Crippen molar-refractivity contribution in [3.8, 4) is 9.75 Å². The van der Waals surface area contributed by atoms with E-state index in [1.165, 1.54) is 9.75 Å². The van der Waals surface area contributed by atoms with Gasteiger partial charge in [-0.2, -0.15) is 11.3 Å². The SMILES string of the molecule is c1cc2sc1-2.c1ccsc1. The Balaban J connectivity index is 0.0000000807. The number of rotatable bonds is 0. The number of hydrogen-bond donors (Lipinski definition) is 0. The minimum absolute atomic E-state index is 1.50. The molecule has 0 spiro atoms. The second-order valence-corrected chi connectivity index (χ2v) is 3.86. The van der Waals surface area contributed by atoms with E-state index in [1.807, 2.05) is 34.2 Å². The quantitative estimate of drug-likeness (QED) is 0.479. The molecule has 1 aromatic heterocycles. The van der Waals surface area contributed by atoms with Gasteiger partial charge in [0.1, 0.15) is 0 Å². The minimum Gasteiger partial charge on any atom is -0.152 e. The first kappa shape index (κ1) is 6.13. The Hall–Kier alpha value is -0.600. The van der Waals surface area contributed by atoms with Crippen LogP contribution in [0.2, 0.25) is 0 Å². The van der Waals surface area contributed by atoms with Crippen molar-refractivity contribution in [1.29, 1.82) is 0 Å². The van der Waals surface area contributed by atoms with Crippen LogP contribution in [0.25, 0.3) is 9.75 Å². The fourth-order valence-electron chi connectivity index (χ4n) is 0.607. The molecule has 3 rings (SSSR count). The molecule has 50 valence electrons. The zero-order valence-electron chi connectivity index (χ0n) is 5.28. The maximum atomic E-state index is 2.14. The van der Waals surface area contributed by atoms with Gasteiger partial charge < -0.3 is 0 Å². The summed E-state index contributed by atoms with van der Waals surface area (Å²) in [7, 11) is 0. The van der Waals surface area contributed by atoms with Gasteiger partial charge in [0.05, 0.1) is 0 Å². The number of fused-ring (bicyclic) bond motifs is 1. The lowest BCUT2D eigenvalue weighted by molar-refractivity contribution is 1.88. The summed E-state index contributed by atoms with van der Waals surface area (Å²) in [4.78, 5) is 3.01. The van der Waals surface area contributed by atoms with E-state index in [4.69, 9.17) is 0 Å². The maximum Gasteiger partial charge on any atom is 0.0449 e. The Bertz CT molecular complexity index is 250. The standard InChI is InChI=1S/C4H2S.C4H4S/c1-2-4-3(1)5-4;1-2-4-5-3-1/h1-2H;1-4H. The van der Waals surface area contributed by atoms with Gasteiger partial charge in [0, 0.05) is 9.75 Å². The minimum atomic E-state index is 1.50. The van der Waals surface area contributed by atoms with Gasteiger partial charge in [-0.3, -0.25) is 0 Å². The molecule has 2 heterocycles. The van der Waals surface area contributed by atoms with Crippen LogP contribution in [0, 0.1) is 0 Å². The molecule has 1 aliphatic heterocycles. The lowest BCUT2D eigenvalue weighted by Gasteiger charge is -1.72. The average molecular weight is 166 g/mol. The first-order chi connectivity index (χ1) is 4.97. The lowest BCUT2D eigenvalue weighted by Crippen LogP contribution is -1.51. The van der Waals surface area contributed by atoms with Gasteiger partial charge in [-0.1, -0.05) is 12.1 Å². The van der Waals surface area contributed by atoms with Crippen molar-refractivity contribution >= 4 is 22.7 Å². The van der Waals surface area contributed by atoms with Gasteiger partial charge in [0.25, 0.3) is 0 Å². The second kappa shape index (κ2) is 2.56. The Morgan fingerprint density at radius 1 is 0.900 bits per heavy atom. The van der Waals surface area contributed by atoms with Crippen molar-refractivity contribution in [2.24, 2.45) is 0 Å². The number of thiophene rings is 2. The summed E-state index contributed by atoms with van der Waals surface area (Å²) >= 11 is 3.59. The van der Waals surface area contributed by atoms with Crippen molar-refractivity contribution in [3.05, 3.63) is 35.0 Å². The second-order valence-electron chi connectivity index (χ2n) is 1.96. The fourth-order valence-corrected chi connectivity index (χ4v) is 1.65. The van der Waals surface area contributed by atoms with E-state index >= 15 is 0 Å². The zero-order chi connectivity index (χ0) is 6.81. The van der Waals surface area contributed by atoms with Crippen LogP contribution in [0.3, 0.4) is 0 Å². The summed E-state index contributed by atoms with van der Waals surface area (Å²) in [6, 6.07) is 8.31. The van der Waals surface area contributed by atoms with Crippen LogP contribution in [0.4, 0.5) is 0 Å². The van der Waals surface area contributed by atoms with E-state index in [2.05, 4.69) is 12.1 Å². The molecule has 10 heavy (non-hydrogen) atoms. The molecule has 1 aliphatic carbocycles. The number of hydrogen-bond acceptors (Lipinski definition) is 2. The Morgan fingerprint density at radius 3 is 1.60 bits per heavy atom. The summed E-state index contributed by atoms with van der Waals surface area (Å²) in [6.45, 7) is 0. The van der Waals surface area contributed by atoms with E-state index in [9.17, 15) is 0 Å². The molecule has 2 aliphatic rings. The van der Waals surface area contributed by atoms with Gasteiger partial charge in [-0.25, -0.2) is 0 Å². The molecule has 0 fully saturated rings. The van der Waals surface area contributed by atoms with Gasteiger partial charge in [-0.05, 0) is 22.9 Å². The van der Waals surface area contributed by atoms with Crippen LogP contribution in [-0.4, -0.2) is 0 Å². The summed E-state index contributed by atoms with van der Waals surface area (Å²) in [5.41, 5.74) is 0. The molecule has 0 amide bonds. The first-order valence-corrected chi connectivity index (χ1v) is 4.80. The van der Waals surface area contributed by atoms with E-state index in [0.717, 1.165) is 0 Å². The summed E-state index contributed by atoms with van der Waals surface area (Å²) in [5, 5.41) is 4.08. The van der Waals surface area contributed by atoms with Crippen molar-refractivity contribution in [2.75, 3.05) is 0 Å². The predicted molar refractivity (Wildman–Crippen MR) is 47.6 cm³/mol. The third-order valence-electron chi connectivity index (χ3n) is 1.23. The first-order valence-electron chi connectivity index (χ1n) is 3.04. The summed E-state index contributed by atoms with van der Waals surface area (Å²) in [5.74, 6) is 0. The molecule has 1 aromatic rings. The van der Waals surface area contributed by atoms with Gasteiger partial charge in [0.15, 0.2) is 0 Å². The van der Waals surface area contributed by atoms with E-state index in [0.29, 0.717) is 0 Å². The van der Waals surface area contributed by atoms with E-state index in [1.54, 1.807) is 11.3 Å². The fraction of sp³-hybridized carbons (Fsp3) is 0. The van der Waals surface area contributed by atoms with Crippen LogP contribution in [-0.2, 0) is 0 Å². The third-order valence-corrected chi connectivity index (χ3v) is 2.81. The smallest absolute Gasteiger partial charge is 0.0449 e. The van der Waals surface area contributed by atoms with Gasteiger partial charge >= 0.3 is 0 Å². The van der Waals surface area contributed by atoms with Crippen LogP contribution in [0.5, 0.6) is 0 Å². The molecule has 2 heteroatoms. The van der Waals surface area contributed by atoms with Crippen LogP contribution in [0.15, 0.2) is 35.0 Å². The normalized spacial score (nSPS) is 10.0. The molecule has 0 atom stereocenters. The predicted octanol–water partition coefficient (Wildman–Crippen LogP) is 3.48. The summed E-state index contributed by atoms with van der Waals surface area (Å²) < 4.78 is 0. The molecule has 0 bridgehead atoms. The maximum absolute atomic E-state index is 2.14. The Morgan fingerprint density at radius 2 is 1.50 bits per heavy atom. The Kier molecular flexibility index (Phi) is 1.57. The highest BCUT2D eigenvalue weighted by atomic mass is 32.1. The van der Waals surface area contributed by atoms with Crippen molar-refractivity contribution < 1.29 is 0 Å². The van der Waals surface area contributed by atoms with Crippen molar-refractivity contribution in [3.63, 3.8) is 0 Å². The van der Waals surface area contributed by atoms with Crippen LogP contribution >= 0.6 is 22.7 Å². The van der Waals surface area contributed by atoms with Crippen molar-refractivity contribution in [2.45, 2.75) is 0 Å². The molecule has 0 aromatic carbocycles.